The van der Waals surface area contributed by atoms with Gasteiger partial charge in [0.05, 0.1) is 12.1 Å². The standard InChI is InChI=1S/C16H19N7OS/c1-23-16(17-12-3-2-4-13(24)9-12)25-15(20-23)11-7-5-10(6-8-11)14-18-21-22-19-14/h5-8,12-13,24H,2-4,9H2,1H3,(H,18,19,21,22)/t12-,13-/m1/s1. The first kappa shape index (κ1) is 16.1. The lowest BCUT2D eigenvalue weighted by Gasteiger charge is -2.22. The highest BCUT2D eigenvalue weighted by molar-refractivity contribution is 7.12. The summed E-state index contributed by atoms with van der Waals surface area (Å²) in [6.07, 6.45) is 3.47. The predicted molar refractivity (Wildman–Crippen MR) is 93.5 cm³/mol. The van der Waals surface area contributed by atoms with E-state index in [0.29, 0.717) is 5.82 Å². The number of nitrogens with one attached hydrogen (secondary N) is 1. The third-order valence-corrected chi connectivity index (χ3v) is 5.42. The number of tetrazole rings is 1. The highest BCUT2D eigenvalue weighted by atomic mass is 32.1. The molecular formula is C16H19N7OS. The quantitative estimate of drug-likeness (QED) is 0.740. The van der Waals surface area contributed by atoms with Gasteiger partial charge in [-0.05, 0) is 30.9 Å². The Labute approximate surface area is 148 Å². The van der Waals surface area contributed by atoms with Crippen molar-refractivity contribution in [3.63, 3.8) is 0 Å². The molecule has 2 atom stereocenters. The second-order valence-corrected chi connectivity index (χ2v) is 7.19. The van der Waals surface area contributed by atoms with E-state index in [2.05, 4.69) is 25.7 Å². The van der Waals surface area contributed by atoms with Crippen LogP contribution in [0.2, 0.25) is 0 Å². The summed E-state index contributed by atoms with van der Waals surface area (Å²) in [7, 11) is 1.91. The summed E-state index contributed by atoms with van der Waals surface area (Å²) in [5, 5.41) is 29.3. The second-order valence-electron chi connectivity index (χ2n) is 6.23. The minimum Gasteiger partial charge on any atom is -0.393 e. The number of aliphatic hydroxyl groups is 1. The molecule has 0 amide bonds. The van der Waals surface area contributed by atoms with E-state index in [1.807, 2.05) is 36.0 Å². The fraction of sp³-hybridized carbons (Fsp3) is 0.438. The summed E-state index contributed by atoms with van der Waals surface area (Å²) in [6.45, 7) is 0. The van der Waals surface area contributed by atoms with E-state index in [1.54, 1.807) is 11.3 Å². The van der Waals surface area contributed by atoms with Gasteiger partial charge < -0.3 is 5.11 Å². The number of H-pyrrole nitrogens is 1. The number of hydrogen-bond acceptors (Lipinski definition) is 7. The molecular weight excluding hydrogens is 338 g/mol. The molecule has 1 aliphatic rings. The Morgan fingerprint density at radius 3 is 2.76 bits per heavy atom. The van der Waals surface area contributed by atoms with Gasteiger partial charge in [0, 0.05) is 18.2 Å². The van der Waals surface area contributed by atoms with Crippen LogP contribution in [-0.4, -0.2) is 47.7 Å². The van der Waals surface area contributed by atoms with Crippen LogP contribution in [0.4, 0.5) is 0 Å². The van der Waals surface area contributed by atoms with Crippen LogP contribution in [0.25, 0.3) is 22.0 Å². The maximum atomic E-state index is 9.82. The smallest absolute Gasteiger partial charge is 0.204 e. The van der Waals surface area contributed by atoms with Crippen molar-refractivity contribution in [2.75, 3.05) is 0 Å². The molecule has 0 saturated heterocycles. The molecule has 0 spiro atoms. The van der Waals surface area contributed by atoms with E-state index >= 15 is 0 Å². The molecule has 1 saturated carbocycles. The van der Waals surface area contributed by atoms with E-state index < -0.39 is 0 Å². The van der Waals surface area contributed by atoms with Crippen molar-refractivity contribution < 1.29 is 5.11 Å². The van der Waals surface area contributed by atoms with Crippen molar-refractivity contribution >= 4 is 11.3 Å². The summed E-state index contributed by atoms with van der Waals surface area (Å²) < 4.78 is 1.81. The second kappa shape index (κ2) is 6.85. The molecule has 2 heterocycles. The van der Waals surface area contributed by atoms with Gasteiger partial charge in [-0.3, -0.25) is 4.99 Å². The van der Waals surface area contributed by atoms with E-state index in [1.165, 1.54) is 0 Å². The first-order valence-electron chi connectivity index (χ1n) is 8.29. The van der Waals surface area contributed by atoms with Crippen LogP contribution < -0.4 is 4.80 Å². The van der Waals surface area contributed by atoms with Gasteiger partial charge in [-0.1, -0.05) is 35.6 Å². The summed E-state index contributed by atoms with van der Waals surface area (Å²) >= 11 is 1.56. The van der Waals surface area contributed by atoms with Gasteiger partial charge in [0.25, 0.3) is 0 Å². The maximum Gasteiger partial charge on any atom is 0.204 e. The molecule has 130 valence electrons. The fourth-order valence-corrected chi connectivity index (χ4v) is 4.00. The lowest BCUT2D eigenvalue weighted by atomic mass is 9.94. The van der Waals surface area contributed by atoms with Gasteiger partial charge in [0.1, 0.15) is 5.01 Å². The number of rotatable bonds is 3. The molecule has 0 unspecified atom stereocenters. The Kier molecular flexibility index (Phi) is 4.41. The van der Waals surface area contributed by atoms with Crippen LogP contribution >= 0.6 is 11.3 Å². The zero-order valence-corrected chi connectivity index (χ0v) is 14.6. The number of aliphatic hydroxyl groups excluding tert-OH is 1. The summed E-state index contributed by atoms with van der Waals surface area (Å²) in [5.74, 6) is 0.572. The SMILES string of the molecule is Cn1nc(-c2ccc(-c3nn[nH]n3)cc2)sc1=N[C@@H]1CCC[C@@H](O)C1. The summed E-state index contributed by atoms with van der Waals surface area (Å²) in [5.41, 5.74) is 1.93. The van der Waals surface area contributed by atoms with E-state index in [4.69, 9.17) is 4.99 Å². The zero-order chi connectivity index (χ0) is 17.2. The Morgan fingerprint density at radius 2 is 2.04 bits per heavy atom. The Hall–Kier alpha value is -2.39. The molecule has 3 aromatic rings. The molecule has 1 aliphatic carbocycles. The molecule has 9 heteroatoms. The average molecular weight is 357 g/mol. The Bertz CT molecular complexity index is 897. The lowest BCUT2D eigenvalue weighted by molar-refractivity contribution is 0.120. The normalized spacial score (nSPS) is 21.6. The van der Waals surface area contributed by atoms with Crippen molar-refractivity contribution in [1.82, 2.24) is 30.4 Å². The van der Waals surface area contributed by atoms with Gasteiger partial charge in [0.15, 0.2) is 0 Å². The van der Waals surface area contributed by atoms with E-state index in [0.717, 1.165) is 46.6 Å². The molecule has 1 fully saturated rings. The van der Waals surface area contributed by atoms with Crippen LogP contribution in [0.15, 0.2) is 29.3 Å². The first-order chi connectivity index (χ1) is 12.2. The molecule has 1 aromatic carbocycles. The van der Waals surface area contributed by atoms with Crippen molar-refractivity contribution in [2.45, 2.75) is 37.8 Å². The predicted octanol–water partition coefficient (Wildman–Crippen LogP) is 1.53. The van der Waals surface area contributed by atoms with E-state index in [-0.39, 0.29) is 12.1 Å². The number of hydrogen-bond donors (Lipinski definition) is 2. The number of aromatic nitrogens is 6. The van der Waals surface area contributed by atoms with Crippen LogP contribution in [0, 0.1) is 0 Å². The van der Waals surface area contributed by atoms with Crippen LogP contribution in [0.5, 0.6) is 0 Å². The van der Waals surface area contributed by atoms with Crippen molar-refractivity contribution in [1.29, 1.82) is 0 Å². The topological polar surface area (TPSA) is 105 Å². The maximum absolute atomic E-state index is 9.82. The lowest BCUT2D eigenvalue weighted by Crippen LogP contribution is -2.25. The molecule has 2 aromatic heterocycles. The largest absolute Gasteiger partial charge is 0.393 e. The van der Waals surface area contributed by atoms with Gasteiger partial charge >= 0.3 is 0 Å². The summed E-state index contributed by atoms with van der Waals surface area (Å²) in [4.78, 5) is 5.68. The molecule has 25 heavy (non-hydrogen) atoms. The number of benzene rings is 1. The molecule has 0 radical (unpaired) electrons. The molecule has 0 bridgehead atoms. The molecule has 8 nitrogen and oxygen atoms in total. The van der Waals surface area contributed by atoms with Crippen molar-refractivity contribution in [2.24, 2.45) is 12.0 Å². The van der Waals surface area contributed by atoms with Gasteiger partial charge in [0.2, 0.25) is 10.6 Å². The van der Waals surface area contributed by atoms with Crippen LogP contribution in [0.1, 0.15) is 25.7 Å². The number of aromatic amines is 1. The minimum atomic E-state index is -0.224. The monoisotopic (exact) mass is 357 g/mol. The third kappa shape index (κ3) is 3.52. The minimum absolute atomic E-state index is 0.184. The molecule has 4 rings (SSSR count). The molecule has 0 aliphatic heterocycles. The van der Waals surface area contributed by atoms with Crippen LogP contribution in [0.3, 0.4) is 0 Å². The van der Waals surface area contributed by atoms with E-state index in [9.17, 15) is 5.11 Å². The summed E-state index contributed by atoms with van der Waals surface area (Å²) in [6, 6.07) is 8.09. The molecule has 2 N–H and O–H groups in total. The first-order valence-corrected chi connectivity index (χ1v) is 9.11. The Balaban J connectivity index is 1.59. The Morgan fingerprint density at radius 1 is 1.24 bits per heavy atom. The zero-order valence-electron chi connectivity index (χ0n) is 13.8. The highest BCUT2D eigenvalue weighted by Crippen LogP contribution is 2.24. The highest BCUT2D eigenvalue weighted by Gasteiger charge is 2.19. The van der Waals surface area contributed by atoms with Gasteiger partial charge in [-0.2, -0.15) is 10.3 Å². The number of nitrogens with zero attached hydrogens (tertiary/aromatic N) is 6. The van der Waals surface area contributed by atoms with Crippen molar-refractivity contribution in [3.8, 4) is 22.0 Å². The average Bonchev–Trinajstić information content (AvgIpc) is 3.26. The van der Waals surface area contributed by atoms with Gasteiger partial charge in [-0.15, -0.1) is 10.2 Å². The third-order valence-electron chi connectivity index (χ3n) is 4.35. The van der Waals surface area contributed by atoms with Crippen molar-refractivity contribution in [3.05, 3.63) is 29.1 Å². The fourth-order valence-electron chi connectivity index (χ4n) is 3.04. The van der Waals surface area contributed by atoms with Crippen LogP contribution in [-0.2, 0) is 7.05 Å². The number of aryl methyl sites for hydroxylation is 1. The van der Waals surface area contributed by atoms with Gasteiger partial charge in [-0.25, -0.2) is 4.68 Å².